The molecule has 1 aromatic carbocycles. The Balaban J connectivity index is 0.00000200. The summed E-state index contributed by atoms with van der Waals surface area (Å²) in [7, 11) is 0. The van der Waals surface area contributed by atoms with E-state index in [4.69, 9.17) is 0 Å². The minimum Gasteiger partial charge on any atom is -0.355 e. The summed E-state index contributed by atoms with van der Waals surface area (Å²) in [5.41, 5.74) is 0.752. The Labute approximate surface area is 127 Å². The van der Waals surface area contributed by atoms with Crippen LogP contribution in [0.5, 0.6) is 0 Å². The van der Waals surface area contributed by atoms with Crippen LogP contribution in [0.25, 0.3) is 0 Å². The quantitative estimate of drug-likeness (QED) is 0.847. The Bertz CT molecular complexity index is 414. The van der Waals surface area contributed by atoms with Crippen LogP contribution < -0.4 is 10.6 Å². The number of nitrogens with one attached hydrogen (secondary N) is 2. The van der Waals surface area contributed by atoms with Gasteiger partial charge in [-0.25, -0.2) is 0 Å². The van der Waals surface area contributed by atoms with Gasteiger partial charge in [-0.1, -0.05) is 44.2 Å². The zero-order chi connectivity index (χ0) is 13.7. The lowest BCUT2D eigenvalue weighted by Crippen LogP contribution is -2.51. The van der Waals surface area contributed by atoms with Crippen LogP contribution in [0.2, 0.25) is 0 Å². The van der Waals surface area contributed by atoms with Gasteiger partial charge >= 0.3 is 0 Å². The summed E-state index contributed by atoms with van der Waals surface area (Å²) < 4.78 is 0. The van der Waals surface area contributed by atoms with E-state index in [9.17, 15) is 4.79 Å². The molecule has 2 rings (SSSR count). The second kappa shape index (κ2) is 7.65. The lowest BCUT2D eigenvalue weighted by atomic mass is 9.75. The van der Waals surface area contributed by atoms with E-state index in [1.54, 1.807) is 0 Å². The molecule has 0 aromatic heterocycles. The minimum absolute atomic E-state index is 0. The number of hydrogen-bond donors (Lipinski definition) is 2. The number of amides is 1. The fourth-order valence-corrected chi connectivity index (χ4v) is 2.77. The van der Waals surface area contributed by atoms with Gasteiger partial charge < -0.3 is 10.6 Å². The third-order valence-corrected chi connectivity index (χ3v) is 4.39. The molecule has 1 saturated heterocycles. The minimum atomic E-state index is -0.377. The Morgan fingerprint density at radius 3 is 2.30 bits per heavy atom. The third kappa shape index (κ3) is 3.33. The van der Waals surface area contributed by atoms with Crippen LogP contribution in [0.3, 0.4) is 0 Å². The number of carbonyl (C=O) groups is 1. The molecule has 1 aromatic rings. The molecule has 0 saturated carbocycles. The van der Waals surface area contributed by atoms with Crippen LogP contribution in [0.15, 0.2) is 30.3 Å². The predicted molar refractivity (Wildman–Crippen MR) is 85.3 cm³/mol. The molecule has 20 heavy (non-hydrogen) atoms. The number of halogens is 1. The van der Waals surface area contributed by atoms with E-state index in [1.807, 2.05) is 18.2 Å². The first-order valence-corrected chi connectivity index (χ1v) is 7.27. The molecule has 1 amide bonds. The van der Waals surface area contributed by atoms with Crippen molar-refractivity contribution in [2.24, 2.45) is 5.92 Å². The largest absolute Gasteiger partial charge is 0.355 e. The maximum absolute atomic E-state index is 12.6. The van der Waals surface area contributed by atoms with Gasteiger partial charge in [0.15, 0.2) is 0 Å². The monoisotopic (exact) mass is 296 g/mol. The maximum Gasteiger partial charge on any atom is 0.230 e. The molecule has 4 heteroatoms. The van der Waals surface area contributed by atoms with Crippen LogP contribution in [-0.4, -0.2) is 25.5 Å². The van der Waals surface area contributed by atoms with Gasteiger partial charge in [-0.2, -0.15) is 0 Å². The standard InChI is InChI=1S/C16H24N2O.ClH/c1-3-16(4-2,14-8-6-5-7-9-14)15(19)18-12-13-10-17-11-13;/h5-9,13,17H,3-4,10-12H2,1-2H3,(H,18,19);1H. The Hall–Kier alpha value is -1.06. The normalized spacial score (nSPS) is 15.1. The Morgan fingerprint density at radius 1 is 1.25 bits per heavy atom. The molecule has 1 fully saturated rings. The van der Waals surface area contributed by atoms with E-state index in [2.05, 4.69) is 36.6 Å². The van der Waals surface area contributed by atoms with Gasteiger partial charge in [0.2, 0.25) is 5.91 Å². The molecule has 1 aliphatic rings. The fourth-order valence-electron chi connectivity index (χ4n) is 2.77. The number of hydrogen-bond acceptors (Lipinski definition) is 2. The van der Waals surface area contributed by atoms with Crippen LogP contribution in [0.1, 0.15) is 32.3 Å². The molecule has 1 aliphatic heterocycles. The highest BCUT2D eigenvalue weighted by Gasteiger charge is 2.36. The van der Waals surface area contributed by atoms with E-state index in [1.165, 1.54) is 0 Å². The number of benzene rings is 1. The van der Waals surface area contributed by atoms with E-state index in [0.717, 1.165) is 38.0 Å². The predicted octanol–water partition coefficient (Wildman–Crippen LogP) is 2.50. The van der Waals surface area contributed by atoms with Gasteiger partial charge in [0, 0.05) is 25.6 Å². The maximum atomic E-state index is 12.6. The molecular weight excluding hydrogens is 272 g/mol. The SMILES string of the molecule is CCC(CC)(C(=O)NCC1CNC1)c1ccccc1.Cl. The van der Waals surface area contributed by atoms with Crippen molar-refractivity contribution in [3.8, 4) is 0 Å². The molecule has 0 unspecified atom stereocenters. The first kappa shape index (κ1) is 17.0. The molecule has 2 N–H and O–H groups in total. The molecule has 0 radical (unpaired) electrons. The second-order valence-corrected chi connectivity index (χ2v) is 5.39. The van der Waals surface area contributed by atoms with E-state index >= 15 is 0 Å². The fraction of sp³-hybridized carbons (Fsp3) is 0.562. The zero-order valence-electron chi connectivity index (χ0n) is 12.3. The lowest BCUT2D eigenvalue weighted by molar-refractivity contribution is -0.127. The van der Waals surface area contributed by atoms with Crippen molar-refractivity contribution >= 4 is 18.3 Å². The molecule has 3 nitrogen and oxygen atoms in total. The van der Waals surface area contributed by atoms with Gasteiger partial charge in [-0.15, -0.1) is 12.4 Å². The Morgan fingerprint density at radius 2 is 1.85 bits per heavy atom. The van der Waals surface area contributed by atoms with Crippen LogP contribution >= 0.6 is 12.4 Å². The molecule has 0 atom stereocenters. The summed E-state index contributed by atoms with van der Waals surface area (Å²) >= 11 is 0. The van der Waals surface area contributed by atoms with Crippen molar-refractivity contribution in [1.29, 1.82) is 0 Å². The smallest absolute Gasteiger partial charge is 0.230 e. The highest BCUT2D eigenvalue weighted by atomic mass is 35.5. The highest BCUT2D eigenvalue weighted by molar-refractivity contribution is 5.88. The summed E-state index contributed by atoms with van der Waals surface area (Å²) in [6.45, 7) is 7.04. The van der Waals surface area contributed by atoms with Gasteiger partial charge in [0.1, 0.15) is 0 Å². The summed E-state index contributed by atoms with van der Waals surface area (Å²) in [6.07, 6.45) is 1.67. The number of rotatable bonds is 6. The van der Waals surface area contributed by atoms with Crippen molar-refractivity contribution in [3.63, 3.8) is 0 Å². The van der Waals surface area contributed by atoms with Crippen molar-refractivity contribution < 1.29 is 4.79 Å². The molecule has 1 heterocycles. The molecule has 0 spiro atoms. The van der Waals surface area contributed by atoms with Crippen molar-refractivity contribution in [2.45, 2.75) is 32.1 Å². The molecular formula is C16H25ClN2O. The first-order chi connectivity index (χ1) is 9.23. The average molecular weight is 297 g/mol. The first-order valence-electron chi connectivity index (χ1n) is 7.27. The third-order valence-electron chi connectivity index (χ3n) is 4.39. The van der Waals surface area contributed by atoms with E-state index in [-0.39, 0.29) is 23.7 Å². The van der Waals surface area contributed by atoms with Crippen LogP contribution in [0, 0.1) is 5.92 Å². The topological polar surface area (TPSA) is 41.1 Å². The van der Waals surface area contributed by atoms with Gasteiger partial charge in [-0.3, -0.25) is 4.79 Å². The van der Waals surface area contributed by atoms with Crippen molar-refractivity contribution in [2.75, 3.05) is 19.6 Å². The average Bonchev–Trinajstić information content (AvgIpc) is 2.40. The van der Waals surface area contributed by atoms with E-state index in [0.29, 0.717) is 5.92 Å². The Kier molecular flexibility index (Phi) is 6.50. The van der Waals surface area contributed by atoms with E-state index < -0.39 is 0 Å². The second-order valence-electron chi connectivity index (χ2n) is 5.39. The summed E-state index contributed by atoms with van der Waals surface area (Å²) in [5.74, 6) is 0.779. The molecule has 0 aliphatic carbocycles. The molecule has 112 valence electrons. The summed E-state index contributed by atoms with van der Waals surface area (Å²) in [5, 5.41) is 6.38. The highest BCUT2D eigenvalue weighted by Crippen LogP contribution is 2.31. The molecule has 0 bridgehead atoms. The van der Waals surface area contributed by atoms with Gasteiger partial charge in [0.05, 0.1) is 5.41 Å². The van der Waals surface area contributed by atoms with Gasteiger partial charge in [0.25, 0.3) is 0 Å². The summed E-state index contributed by atoms with van der Waals surface area (Å²) in [4.78, 5) is 12.6. The number of carbonyl (C=O) groups excluding carboxylic acids is 1. The lowest BCUT2D eigenvalue weighted by Gasteiger charge is -2.33. The van der Waals surface area contributed by atoms with Crippen molar-refractivity contribution in [3.05, 3.63) is 35.9 Å². The van der Waals surface area contributed by atoms with Crippen molar-refractivity contribution in [1.82, 2.24) is 10.6 Å². The van der Waals surface area contributed by atoms with Gasteiger partial charge in [-0.05, 0) is 18.4 Å². The zero-order valence-corrected chi connectivity index (χ0v) is 13.1. The summed E-state index contributed by atoms with van der Waals surface area (Å²) in [6, 6.07) is 10.2. The van der Waals surface area contributed by atoms with Crippen LogP contribution in [0.4, 0.5) is 0 Å². The van der Waals surface area contributed by atoms with Crippen LogP contribution in [-0.2, 0) is 10.2 Å².